The molecular formula is C10H14Br2N2O3S. The van der Waals surface area contributed by atoms with Crippen LogP contribution in [-0.2, 0) is 14.8 Å². The molecule has 1 unspecified atom stereocenters. The van der Waals surface area contributed by atoms with E-state index in [1.54, 1.807) is 7.11 Å². The summed E-state index contributed by atoms with van der Waals surface area (Å²) in [4.78, 5) is 3.98. The second-order valence-corrected chi connectivity index (χ2v) is 6.87. The number of aromatic nitrogens is 1. The normalized spacial score (nSPS) is 13.5. The van der Waals surface area contributed by atoms with Gasteiger partial charge in [-0.1, -0.05) is 15.9 Å². The number of nitrogens with one attached hydrogen (secondary N) is 1. The van der Waals surface area contributed by atoms with Gasteiger partial charge in [-0.05, 0) is 28.4 Å². The van der Waals surface area contributed by atoms with Crippen molar-refractivity contribution in [1.29, 1.82) is 0 Å². The number of ether oxygens (including phenoxy) is 1. The van der Waals surface area contributed by atoms with Crippen LogP contribution in [0.5, 0.6) is 0 Å². The second-order valence-electron chi connectivity index (χ2n) is 3.59. The summed E-state index contributed by atoms with van der Waals surface area (Å²) >= 11 is 6.47. The quantitative estimate of drug-likeness (QED) is 0.708. The Morgan fingerprint density at radius 1 is 1.50 bits per heavy atom. The van der Waals surface area contributed by atoms with E-state index in [1.807, 2.05) is 0 Å². The first-order valence-electron chi connectivity index (χ1n) is 5.17. The highest BCUT2D eigenvalue weighted by molar-refractivity contribution is 9.10. The zero-order valence-corrected chi connectivity index (χ0v) is 13.8. The highest BCUT2D eigenvalue weighted by Gasteiger charge is 2.19. The Balaban J connectivity index is 2.80. The van der Waals surface area contributed by atoms with Crippen LogP contribution >= 0.6 is 31.9 Å². The summed E-state index contributed by atoms with van der Waals surface area (Å²) in [6.07, 6.45) is 3.45. The molecule has 1 atom stereocenters. The molecule has 5 nitrogen and oxygen atoms in total. The van der Waals surface area contributed by atoms with Crippen LogP contribution in [0.25, 0.3) is 0 Å². The van der Waals surface area contributed by atoms with Gasteiger partial charge < -0.3 is 4.74 Å². The predicted molar refractivity (Wildman–Crippen MR) is 76.3 cm³/mol. The first-order chi connectivity index (χ1) is 8.49. The molecule has 8 heteroatoms. The molecule has 0 saturated heterocycles. The fourth-order valence-electron chi connectivity index (χ4n) is 1.25. The van der Waals surface area contributed by atoms with Crippen molar-refractivity contribution in [3.8, 4) is 0 Å². The van der Waals surface area contributed by atoms with Crippen molar-refractivity contribution in [3.05, 3.63) is 22.9 Å². The van der Waals surface area contributed by atoms with E-state index in [-0.39, 0.29) is 10.9 Å². The van der Waals surface area contributed by atoms with Crippen molar-refractivity contribution in [1.82, 2.24) is 9.71 Å². The van der Waals surface area contributed by atoms with E-state index >= 15 is 0 Å². The summed E-state index contributed by atoms with van der Waals surface area (Å²) < 4.78 is 32.3. The number of sulfonamides is 1. The smallest absolute Gasteiger partial charge is 0.242 e. The Hall–Kier alpha value is -0.0200. The first-order valence-corrected chi connectivity index (χ1v) is 8.57. The highest BCUT2D eigenvalue weighted by Crippen LogP contribution is 2.15. The molecule has 0 aromatic carbocycles. The Kier molecular flexibility index (Phi) is 6.72. The zero-order valence-electron chi connectivity index (χ0n) is 9.77. The minimum atomic E-state index is -3.55. The van der Waals surface area contributed by atoms with Crippen molar-refractivity contribution < 1.29 is 13.2 Å². The minimum Gasteiger partial charge on any atom is -0.385 e. The molecule has 0 saturated carbocycles. The molecule has 0 radical (unpaired) electrons. The van der Waals surface area contributed by atoms with Crippen molar-refractivity contribution in [2.45, 2.75) is 17.4 Å². The number of hydrogen-bond acceptors (Lipinski definition) is 4. The molecule has 1 rings (SSSR count). The summed E-state index contributed by atoms with van der Waals surface area (Å²) in [7, 11) is -1.97. The fourth-order valence-corrected chi connectivity index (χ4v) is 3.73. The van der Waals surface area contributed by atoms with Crippen LogP contribution in [0, 0.1) is 0 Å². The van der Waals surface area contributed by atoms with E-state index in [1.165, 1.54) is 18.5 Å². The lowest BCUT2D eigenvalue weighted by atomic mass is 10.3. The number of rotatable bonds is 7. The standard InChI is InChI=1S/C10H14Br2N2O3S/c1-17-3-2-9(5-11)14-18(15,16)10-4-8(12)6-13-7-10/h4,6-7,9,14H,2-3,5H2,1H3. The van der Waals surface area contributed by atoms with Crippen LogP contribution in [0.15, 0.2) is 27.8 Å². The third-order valence-electron chi connectivity index (χ3n) is 2.17. The topological polar surface area (TPSA) is 68.3 Å². The maximum Gasteiger partial charge on any atom is 0.242 e. The summed E-state index contributed by atoms with van der Waals surface area (Å²) in [6.45, 7) is 0.496. The van der Waals surface area contributed by atoms with Gasteiger partial charge in [0.05, 0.1) is 0 Å². The lowest BCUT2D eigenvalue weighted by Gasteiger charge is -2.15. The number of alkyl halides is 1. The van der Waals surface area contributed by atoms with Gasteiger partial charge in [-0.15, -0.1) is 0 Å². The molecule has 0 aliphatic heterocycles. The summed E-state index contributed by atoms with van der Waals surface area (Å²) in [6, 6.07) is 1.30. The lowest BCUT2D eigenvalue weighted by molar-refractivity contribution is 0.188. The average molecular weight is 402 g/mol. The predicted octanol–water partition coefficient (Wildman–Crippen LogP) is 1.92. The molecule has 0 aliphatic carbocycles. The van der Waals surface area contributed by atoms with Gasteiger partial charge in [-0.3, -0.25) is 4.98 Å². The van der Waals surface area contributed by atoms with Crippen molar-refractivity contribution >= 4 is 41.9 Å². The average Bonchev–Trinajstić information content (AvgIpc) is 2.34. The van der Waals surface area contributed by atoms with Crippen LogP contribution in [0.2, 0.25) is 0 Å². The van der Waals surface area contributed by atoms with Gasteiger partial charge in [0.2, 0.25) is 10.0 Å². The van der Waals surface area contributed by atoms with E-state index in [2.05, 4.69) is 41.6 Å². The molecule has 0 bridgehead atoms. The summed E-state index contributed by atoms with van der Waals surface area (Å²) in [5.41, 5.74) is 0. The van der Waals surface area contributed by atoms with Gasteiger partial charge in [0.15, 0.2) is 0 Å². The maximum absolute atomic E-state index is 12.1. The minimum absolute atomic E-state index is 0.139. The van der Waals surface area contributed by atoms with Crippen molar-refractivity contribution in [3.63, 3.8) is 0 Å². The fraction of sp³-hybridized carbons (Fsp3) is 0.500. The molecule has 1 aromatic rings. The third kappa shape index (κ3) is 4.93. The van der Waals surface area contributed by atoms with Crippen LogP contribution in [0.3, 0.4) is 0 Å². The van der Waals surface area contributed by atoms with Crippen molar-refractivity contribution in [2.24, 2.45) is 0 Å². The lowest BCUT2D eigenvalue weighted by Crippen LogP contribution is -2.36. The molecule has 0 aliphatic rings. The molecule has 1 heterocycles. The molecule has 0 spiro atoms. The van der Waals surface area contributed by atoms with Crippen LogP contribution in [0.1, 0.15) is 6.42 Å². The summed E-state index contributed by atoms with van der Waals surface area (Å²) in [5.74, 6) is 0. The van der Waals surface area contributed by atoms with Gasteiger partial charge in [0.25, 0.3) is 0 Å². The zero-order chi connectivity index (χ0) is 13.6. The molecule has 0 fully saturated rings. The number of nitrogens with zero attached hydrogens (tertiary/aromatic N) is 1. The Labute approximate surface area is 124 Å². The van der Waals surface area contributed by atoms with E-state index in [0.29, 0.717) is 22.8 Å². The van der Waals surface area contributed by atoms with Gasteiger partial charge in [0.1, 0.15) is 4.90 Å². The van der Waals surface area contributed by atoms with Gasteiger partial charge in [0, 0.05) is 42.0 Å². The molecule has 0 amide bonds. The largest absolute Gasteiger partial charge is 0.385 e. The van der Waals surface area contributed by atoms with E-state index < -0.39 is 10.0 Å². The number of methoxy groups -OCH3 is 1. The monoisotopic (exact) mass is 400 g/mol. The Morgan fingerprint density at radius 3 is 2.78 bits per heavy atom. The molecule has 1 N–H and O–H groups in total. The first kappa shape index (κ1) is 16.0. The number of pyridine rings is 1. The number of halogens is 2. The van der Waals surface area contributed by atoms with Crippen LogP contribution < -0.4 is 4.72 Å². The maximum atomic E-state index is 12.1. The van der Waals surface area contributed by atoms with E-state index in [0.717, 1.165) is 0 Å². The molecular weight excluding hydrogens is 388 g/mol. The van der Waals surface area contributed by atoms with Gasteiger partial charge in [-0.25, -0.2) is 13.1 Å². The second kappa shape index (κ2) is 7.54. The Morgan fingerprint density at radius 2 is 2.22 bits per heavy atom. The molecule has 1 aromatic heterocycles. The van der Waals surface area contributed by atoms with Crippen LogP contribution in [0.4, 0.5) is 0 Å². The summed E-state index contributed by atoms with van der Waals surface area (Å²) in [5, 5.41) is 0.525. The van der Waals surface area contributed by atoms with Gasteiger partial charge in [-0.2, -0.15) is 0 Å². The van der Waals surface area contributed by atoms with E-state index in [4.69, 9.17) is 4.74 Å². The SMILES string of the molecule is COCCC(CBr)NS(=O)(=O)c1cncc(Br)c1. The Bertz CT molecular complexity index is 482. The van der Waals surface area contributed by atoms with Crippen molar-refractivity contribution in [2.75, 3.05) is 19.0 Å². The molecule has 102 valence electrons. The number of hydrogen-bond donors (Lipinski definition) is 1. The molecule has 18 heavy (non-hydrogen) atoms. The third-order valence-corrected chi connectivity index (χ3v) is 4.87. The highest BCUT2D eigenvalue weighted by atomic mass is 79.9. The van der Waals surface area contributed by atoms with Crippen LogP contribution in [-0.4, -0.2) is 38.5 Å². The van der Waals surface area contributed by atoms with E-state index in [9.17, 15) is 8.42 Å². The van der Waals surface area contributed by atoms with Gasteiger partial charge >= 0.3 is 0 Å².